The van der Waals surface area contributed by atoms with Crippen molar-refractivity contribution in [3.8, 4) is 0 Å². The second-order valence-electron chi connectivity index (χ2n) is 5.13. The van der Waals surface area contributed by atoms with E-state index in [1.54, 1.807) is 49.4 Å². The van der Waals surface area contributed by atoms with E-state index in [-0.39, 0.29) is 11.3 Å². The smallest absolute Gasteiger partial charge is 0.307 e. The number of anilines is 1. The summed E-state index contributed by atoms with van der Waals surface area (Å²) in [4.78, 5) is 10.9. The summed E-state index contributed by atoms with van der Waals surface area (Å²) in [7, 11) is -3.65. The number of sulfonamides is 1. The second-order valence-corrected chi connectivity index (χ2v) is 6.81. The predicted molar refractivity (Wildman–Crippen MR) is 84.5 cm³/mol. The lowest BCUT2D eigenvalue weighted by Crippen LogP contribution is -2.13. The van der Waals surface area contributed by atoms with Crippen LogP contribution in [0.3, 0.4) is 0 Å². The molecule has 2 rings (SSSR count). The van der Waals surface area contributed by atoms with Crippen LogP contribution < -0.4 is 4.72 Å². The molecule has 0 aromatic heterocycles. The Morgan fingerprint density at radius 3 is 2.27 bits per heavy atom. The summed E-state index contributed by atoms with van der Waals surface area (Å²) >= 11 is 0. The molecule has 0 unspecified atom stereocenters. The molecule has 0 atom stereocenters. The normalized spacial score (nSPS) is 11.2. The van der Waals surface area contributed by atoms with E-state index in [1.165, 1.54) is 0 Å². The summed E-state index contributed by atoms with van der Waals surface area (Å²) < 4.78 is 27.1. The van der Waals surface area contributed by atoms with Crippen LogP contribution in [-0.2, 0) is 21.2 Å². The Labute approximate surface area is 129 Å². The van der Waals surface area contributed by atoms with Crippen LogP contribution in [0.25, 0.3) is 0 Å². The maximum Gasteiger partial charge on any atom is 0.307 e. The number of aryl methyl sites for hydroxylation is 2. The van der Waals surface area contributed by atoms with Crippen LogP contribution in [-0.4, -0.2) is 19.5 Å². The average molecular weight is 319 g/mol. The van der Waals surface area contributed by atoms with Gasteiger partial charge in [-0.3, -0.25) is 9.52 Å². The molecule has 116 valence electrons. The number of carboxylic acids is 1. The lowest BCUT2D eigenvalue weighted by molar-refractivity contribution is -0.136. The van der Waals surface area contributed by atoms with E-state index in [4.69, 9.17) is 5.11 Å². The monoisotopic (exact) mass is 319 g/mol. The van der Waals surface area contributed by atoms with Crippen LogP contribution in [0.4, 0.5) is 5.69 Å². The van der Waals surface area contributed by atoms with Crippen molar-refractivity contribution in [1.82, 2.24) is 0 Å². The minimum atomic E-state index is -3.65. The van der Waals surface area contributed by atoms with Crippen molar-refractivity contribution in [2.75, 3.05) is 4.72 Å². The standard InChI is InChI=1S/C16H17NO4S/c1-11-3-7-15(8-4-11)22(20,21)17-14-6-5-13(10-16(18)19)12(2)9-14/h3-9,17H,10H2,1-2H3,(H,18,19). The summed E-state index contributed by atoms with van der Waals surface area (Å²) in [6.45, 7) is 3.64. The summed E-state index contributed by atoms with van der Waals surface area (Å²) in [5, 5.41) is 8.81. The van der Waals surface area contributed by atoms with Gasteiger partial charge in [0.1, 0.15) is 0 Å². The number of nitrogens with one attached hydrogen (secondary N) is 1. The number of benzene rings is 2. The molecular formula is C16H17NO4S. The highest BCUT2D eigenvalue weighted by Gasteiger charge is 2.14. The van der Waals surface area contributed by atoms with Crippen molar-refractivity contribution in [3.63, 3.8) is 0 Å². The van der Waals surface area contributed by atoms with Gasteiger partial charge in [0.2, 0.25) is 0 Å². The highest BCUT2D eigenvalue weighted by molar-refractivity contribution is 7.92. The molecule has 0 aliphatic carbocycles. The molecule has 0 heterocycles. The van der Waals surface area contributed by atoms with Gasteiger partial charge in [-0.05, 0) is 49.2 Å². The zero-order chi connectivity index (χ0) is 16.3. The number of carboxylic acid groups (broad SMARTS) is 1. The van der Waals surface area contributed by atoms with Crippen molar-refractivity contribution >= 4 is 21.7 Å². The Balaban J connectivity index is 2.24. The number of rotatable bonds is 5. The molecule has 2 aromatic rings. The van der Waals surface area contributed by atoms with Gasteiger partial charge in [0.25, 0.3) is 10.0 Å². The van der Waals surface area contributed by atoms with Gasteiger partial charge in [0, 0.05) is 5.69 Å². The van der Waals surface area contributed by atoms with Gasteiger partial charge in [-0.15, -0.1) is 0 Å². The van der Waals surface area contributed by atoms with Crippen LogP contribution in [0.2, 0.25) is 0 Å². The first kappa shape index (κ1) is 16.0. The van der Waals surface area contributed by atoms with Gasteiger partial charge in [-0.2, -0.15) is 0 Å². The lowest BCUT2D eigenvalue weighted by atomic mass is 10.1. The van der Waals surface area contributed by atoms with Crippen LogP contribution in [0.15, 0.2) is 47.4 Å². The molecule has 0 saturated carbocycles. The number of aliphatic carboxylic acids is 1. The molecule has 0 saturated heterocycles. The zero-order valence-corrected chi connectivity index (χ0v) is 13.1. The maximum atomic E-state index is 12.3. The topological polar surface area (TPSA) is 83.5 Å². The third kappa shape index (κ3) is 3.85. The average Bonchev–Trinajstić information content (AvgIpc) is 2.41. The first-order valence-corrected chi connectivity index (χ1v) is 8.17. The quantitative estimate of drug-likeness (QED) is 0.887. The lowest BCUT2D eigenvalue weighted by Gasteiger charge is -2.11. The Bertz CT molecular complexity index is 795. The van der Waals surface area contributed by atoms with E-state index < -0.39 is 16.0 Å². The maximum absolute atomic E-state index is 12.3. The van der Waals surface area contributed by atoms with E-state index >= 15 is 0 Å². The molecule has 2 aromatic carbocycles. The molecule has 0 aliphatic heterocycles. The van der Waals surface area contributed by atoms with Crippen LogP contribution in [0, 0.1) is 13.8 Å². The Kier molecular flexibility index (Phi) is 4.51. The molecule has 0 amide bonds. The summed E-state index contributed by atoms with van der Waals surface area (Å²) in [5.74, 6) is -0.920. The van der Waals surface area contributed by atoms with Crippen molar-refractivity contribution in [3.05, 3.63) is 59.2 Å². The summed E-state index contributed by atoms with van der Waals surface area (Å²) in [6, 6.07) is 11.4. The summed E-state index contributed by atoms with van der Waals surface area (Å²) in [6.07, 6.45) is -0.0865. The van der Waals surface area contributed by atoms with Crippen LogP contribution >= 0.6 is 0 Å². The molecule has 22 heavy (non-hydrogen) atoms. The third-order valence-electron chi connectivity index (χ3n) is 3.27. The Morgan fingerprint density at radius 2 is 1.73 bits per heavy atom. The fourth-order valence-electron chi connectivity index (χ4n) is 2.05. The number of hydrogen-bond acceptors (Lipinski definition) is 3. The zero-order valence-electron chi connectivity index (χ0n) is 12.3. The molecule has 0 fully saturated rings. The van der Waals surface area contributed by atoms with Crippen molar-refractivity contribution in [1.29, 1.82) is 0 Å². The van der Waals surface area contributed by atoms with Gasteiger partial charge in [-0.1, -0.05) is 23.8 Å². The van der Waals surface area contributed by atoms with Crippen molar-refractivity contribution in [2.45, 2.75) is 25.2 Å². The van der Waals surface area contributed by atoms with Crippen molar-refractivity contribution < 1.29 is 18.3 Å². The van der Waals surface area contributed by atoms with Gasteiger partial charge in [0.15, 0.2) is 0 Å². The van der Waals surface area contributed by atoms with E-state index in [0.29, 0.717) is 11.3 Å². The predicted octanol–water partition coefficient (Wildman–Crippen LogP) is 2.73. The second kappa shape index (κ2) is 6.19. The molecule has 6 heteroatoms. The highest BCUT2D eigenvalue weighted by Crippen LogP contribution is 2.20. The molecule has 0 radical (unpaired) electrons. The molecule has 0 aliphatic rings. The van der Waals surface area contributed by atoms with Crippen molar-refractivity contribution in [2.24, 2.45) is 0 Å². The van der Waals surface area contributed by atoms with Crippen LogP contribution in [0.5, 0.6) is 0 Å². The van der Waals surface area contributed by atoms with Gasteiger partial charge >= 0.3 is 5.97 Å². The summed E-state index contributed by atoms with van der Waals surface area (Å²) in [5.41, 5.74) is 2.78. The first-order valence-electron chi connectivity index (χ1n) is 6.69. The Hall–Kier alpha value is -2.34. The Morgan fingerprint density at radius 1 is 1.09 bits per heavy atom. The fourth-order valence-corrected chi connectivity index (χ4v) is 3.10. The first-order chi connectivity index (χ1) is 10.3. The van der Waals surface area contributed by atoms with E-state index in [9.17, 15) is 13.2 Å². The molecule has 2 N–H and O–H groups in total. The highest BCUT2D eigenvalue weighted by atomic mass is 32.2. The fraction of sp³-hybridized carbons (Fsp3) is 0.188. The minimum Gasteiger partial charge on any atom is -0.481 e. The minimum absolute atomic E-state index is 0.0865. The number of hydrogen-bond donors (Lipinski definition) is 2. The third-order valence-corrected chi connectivity index (χ3v) is 4.66. The van der Waals surface area contributed by atoms with Crippen LogP contribution in [0.1, 0.15) is 16.7 Å². The van der Waals surface area contributed by atoms with E-state index in [2.05, 4.69) is 4.72 Å². The van der Waals surface area contributed by atoms with Gasteiger partial charge in [-0.25, -0.2) is 8.42 Å². The number of carbonyl (C=O) groups is 1. The molecular weight excluding hydrogens is 302 g/mol. The van der Waals surface area contributed by atoms with E-state index in [0.717, 1.165) is 11.1 Å². The van der Waals surface area contributed by atoms with E-state index in [1.807, 2.05) is 6.92 Å². The largest absolute Gasteiger partial charge is 0.481 e. The molecule has 0 spiro atoms. The van der Waals surface area contributed by atoms with Gasteiger partial charge in [0.05, 0.1) is 11.3 Å². The molecule has 5 nitrogen and oxygen atoms in total. The SMILES string of the molecule is Cc1ccc(S(=O)(=O)Nc2ccc(CC(=O)O)c(C)c2)cc1. The molecule has 0 bridgehead atoms. The van der Waals surface area contributed by atoms with Gasteiger partial charge < -0.3 is 5.11 Å².